The fourth-order valence-corrected chi connectivity index (χ4v) is 3.89. The number of fused-ring (bicyclic) bond motifs is 1. The molecule has 1 saturated heterocycles. The summed E-state index contributed by atoms with van der Waals surface area (Å²) < 4.78 is 7.29. The molecular weight excluding hydrogens is 396 g/mol. The third kappa shape index (κ3) is 5.29. The SMILES string of the molecule is COc1ccc(C=CCN2CCc3nnc(CNC(=O)C4CCC(=O)N4)n3CC2)cc1. The van der Waals surface area contributed by atoms with Crippen LogP contribution >= 0.6 is 0 Å². The Bertz CT molecular complexity index is 953. The summed E-state index contributed by atoms with van der Waals surface area (Å²) in [5.74, 6) is 2.32. The lowest BCUT2D eigenvalue weighted by Crippen LogP contribution is -2.41. The summed E-state index contributed by atoms with van der Waals surface area (Å²) in [6.45, 7) is 3.75. The number of nitrogens with zero attached hydrogens (tertiary/aromatic N) is 4. The second-order valence-electron chi connectivity index (χ2n) is 7.79. The van der Waals surface area contributed by atoms with Crippen molar-refractivity contribution in [2.75, 3.05) is 26.7 Å². The van der Waals surface area contributed by atoms with Gasteiger partial charge in [0, 0.05) is 39.0 Å². The van der Waals surface area contributed by atoms with Gasteiger partial charge in [-0.1, -0.05) is 24.3 Å². The molecule has 2 aromatic rings. The van der Waals surface area contributed by atoms with E-state index in [1.165, 1.54) is 0 Å². The minimum absolute atomic E-state index is 0.0716. The fraction of sp³-hybridized carbons (Fsp3) is 0.455. The Morgan fingerprint density at radius 1 is 1.23 bits per heavy atom. The van der Waals surface area contributed by atoms with E-state index in [9.17, 15) is 9.59 Å². The van der Waals surface area contributed by atoms with Crippen molar-refractivity contribution in [2.24, 2.45) is 0 Å². The Kier molecular flexibility index (Phi) is 6.61. The number of aromatic nitrogens is 3. The molecule has 2 aliphatic rings. The number of carbonyl (C=O) groups is 2. The number of benzene rings is 1. The van der Waals surface area contributed by atoms with Crippen LogP contribution in [-0.4, -0.2) is 64.3 Å². The molecule has 0 bridgehead atoms. The fourth-order valence-electron chi connectivity index (χ4n) is 3.89. The number of hydrogen-bond acceptors (Lipinski definition) is 6. The van der Waals surface area contributed by atoms with E-state index in [0.717, 1.165) is 55.6 Å². The highest BCUT2D eigenvalue weighted by molar-refractivity contribution is 5.90. The Morgan fingerprint density at radius 2 is 2.06 bits per heavy atom. The number of carbonyl (C=O) groups excluding carboxylic acids is 2. The number of ether oxygens (including phenoxy) is 1. The van der Waals surface area contributed by atoms with Gasteiger partial charge < -0.3 is 19.9 Å². The van der Waals surface area contributed by atoms with E-state index in [-0.39, 0.29) is 11.8 Å². The molecule has 1 unspecified atom stereocenters. The van der Waals surface area contributed by atoms with E-state index in [0.29, 0.717) is 19.4 Å². The summed E-state index contributed by atoms with van der Waals surface area (Å²) in [6.07, 6.45) is 6.05. The van der Waals surface area contributed by atoms with Crippen LogP contribution in [0.15, 0.2) is 30.3 Å². The topological polar surface area (TPSA) is 101 Å². The number of nitrogens with one attached hydrogen (secondary N) is 2. The molecule has 0 saturated carbocycles. The molecule has 1 fully saturated rings. The van der Waals surface area contributed by atoms with Crippen molar-refractivity contribution < 1.29 is 14.3 Å². The van der Waals surface area contributed by atoms with E-state index in [4.69, 9.17) is 4.74 Å². The molecule has 9 heteroatoms. The lowest BCUT2D eigenvalue weighted by Gasteiger charge is -2.17. The van der Waals surface area contributed by atoms with Crippen molar-refractivity contribution in [3.63, 3.8) is 0 Å². The second-order valence-corrected chi connectivity index (χ2v) is 7.79. The molecule has 2 N–H and O–H groups in total. The molecule has 1 aromatic heterocycles. The van der Waals surface area contributed by atoms with Crippen molar-refractivity contribution in [1.29, 1.82) is 0 Å². The van der Waals surface area contributed by atoms with Crippen LogP contribution in [0.1, 0.15) is 30.1 Å². The van der Waals surface area contributed by atoms with Gasteiger partial charge in [-0.3, -0.25) is 14.5 Å². The van der Waals surface area contributed by atoms with Crippen molar-refractivity contribution in [3.05, 3.63) is 47.6 Å². The summed E-state index contributed by atoms with van der Waals surface area (Å²) >= 11 is 0. The molecule has 0 spiro atoms. The van der Waals surface area contributed by atoms with Crippen LogP contribution in [0.2, 0.25) is 0 Å². The van der Waals surface area contributed by atoms with Crippen LogP contribution in [0.25, 0.3) is 6.08 Å². The van der Waals surface area contributed by atoms with Gasteiger partial charge in [0.05, 0.1) is 13.7 Å². The average Bonchev–Trinajstić information content (AvgIpc) is 3.34. The smallest absolute Gasteiger partial charge is 0.242 e. The molecule has 31 heavy (non-hydrogen) atoms. The van der Waals surface area contributed by atoms with Gasteiger partial charge in [0.1, 0.15) is 17.6 Å². The van der Waals surface area contributed by atoms with Gasteiger partial charge in [-0.15, -0.1) is 10.2 Å². The van der Waals surface area contributed by atoms with Gasteiger partial charge in [-0.25, -0.2) is 0 Å². The molecule has 9 nitrogen and oxygen atoms in total. The Morgan fingerprint density at radius 3 is 2.81 bits per heavy atom. The maximum atomic E-state index is 12.2. The van der Waals surface area contributed by atoms with Crippen LogP contribution in [0, 0.1) is 0 Å². The molecule has 2 amide bonds. The summed E-state index contributed by atoms with van der Waals surface area (Å²) in [5.41, 5.74) is 1.14. The highest BCUT2D eigenvalue weighted by Gasteiger charge is 2.27. The van der Waals surface area contributed by atoms with Gasteiger partial charge in [-0.2, -0.15) is 0 Å². The highest BCUT2D eigenvalue weighted by atomic mass is 16.5. The highest BCUT2D eigenvalue weighted by Crippen LogP contribution is 2.13. The third-order valence-corrected chi connectivity index (χ3v) is 5.72. The molecule has 2 aliphatic heterocycles. The zero-order chi connectivity index (χ0) is 21.6. The monoisotopic (exact) mass is 424 g/mol. The first-order chi connectivity index (χ1) is 15.1. The molecule has 0 aliphatic carbocycles. The standard InChI is InChI=1S/C22H28N6O3/c1-31-17-6-4-16(5-7-17)3-2-11-27-12-10-19-25-26-20(28(19)14-13-27)15-23-22(30)18-8-9-21(29)24-18/h2-7,18H,8-15H2,1H3,(H,23,30)(H,24,29). The van der Waals surface area contributed by atoms with E-state index >= 15 is 0 Å². The molecule has 164 valence electrons. The van der Waals surface area contributed by atoms with Crippen LogP contribution < -0.4 is 15.4 Å². The van der Waals surface area contributed by atoms with Gasteiger partial charge in [0.15, 0.2) is 5.82 Å². The molecule has 1 aromatic carbocycles. The minimum Gasteiger partial charge on any atom is -0.497 e. The largest absolute Gasteiger partial charge is 0.497 e. The zero-order valence-corrected chi connectivity index (χ0v) is 17.7. The van der Waals surface area contributed by atoms with Crippen molar-refractivity contribution >= 4 is 17.9 Å². The molecule has 4 rings (SSSR count). The van der Waals surface area contributed by atoms with Gasteiger partial charge in [0.25, 0.3) is 0 Å². The van der Waals surface area contributed by atoms with E-state index in [2.05, 4.69) is 42.4 Å². The first-order valence-corrected chi connectivity index (χ1v) is 10.6. The van der Waals surface area contributed by atoms with E-state index in [1.54, 1.807) is 7.11 Å². The quantitative estimate of drug-likeness (QED) is 0.680. The number of rotatable bonds is 7. The molecule has 0 radical (unpaired) electrons. The summed E-state index contributed by atoms with van der Waals surface area (Å²) in [5, 5.41) is 14.1. The Labute approximate surface area is 181 Å². The van der Waals surface area contributed by atoms with E-state index < -0.39 is 6.04 Å². The van der Waals surface area contributed by atoms with E-state index in [1.807, 2.05) is 24.3 Å². The maximum absolute atomic E-state index is 12.2. The first-order valence-electron chi connectivity index (χ1n) is 10.6. The predicted molar refractivity (Wildman–Crippen MR) is 115 cm³/mol. The van der Waals surface area contributed by atoms with Crippen LogP contribution in [0.5, 0.6) is 5.75 Å². The van der Waals surface area contributed by atoms with Crippen molar-refractivity contribution in [3.8, 4) is 5.75 Å². The van der Waals surface area contributed by atoms with Crippen molar-refractivity contribution in [1.82, 2.24) is 30.3 Å². The lowest BCUT2D eigenvalue weighted by molar-refractivity contribution is -0.125. The summed E-state index contributed by atoms with van der Waals surface area (Å²) in [7, 11) is 1.67. The minimum atomic E-state index is -0.438. The normalized spacial score (nSPS) is 19.1. The average molecular weight is 425 g/mol. The van der Waals surface area contributed by atoms with Gasteiger partial charge in [-0.05, 0) is 24.1 Å². The second kappa shape index (κ2) is 9.74. The van der Waals surface area contributed by atoms with Crippen LogP contribution in [0.3, 0.4) is 0 Å². The number of methoxy groups -OCH3 is 1. The summed E-state index contributed by atoms with van der Waals surface area (Å²) in [4.78, 5) is 25.9. The van der Waals surface area contributed by atoms with Crippen LogP contribution in [0.4, 0.5) is 0 Å². The first kappa shape index (κ1) is 21.0. The summed E-state index contributed by atoms with van der Waals surface area (Å²) in [6, 6.07) is 7.55. The lowest BCUT2D eigenvalue weighted by atomic mass is 10.2. The number of hydrogen-bond donors (Lipinski definition) is 2. The molecule has 1 atom stereocenters. The van der Waals surface area contributed by atoms with Gasteiger partial charge in [0.2, 0.25) is 11.8 Å². The van der Waals surface area contributed by atoms with Crippen molar-refractivity contribution in [2.45, 2.75) is 38.4 Å². The predicted octanol–water partition coefficient (Wildman–Crippen LogP) is 0.753. The molecule has 3 heterocycles. The maximum Gasteiger partial charge on any atom is 0.242 e. The zero-order valence-electron chi connectivity index (χ0n) is 17.7. The van der Waals surface area contributed by atoms with Gasteiger partial charge >= 0.3 is 0 Å². The number of amides is 2. The Balaban J connectivity index is 1.27. The van der Waals surface area contributed by atoms with Crippen LogP contribution in [-0.2, 0) is 29.1 Å². The third-order valence-electron chi connectivity index (χ3n) is 5.72. The molecular formula is C22H28N6O3. The Hall–Kier alpha value is -3.20.